The molecule has 0 unspecified atom stereocenters. The molecule has 1 saturated heterocycles. The van der Waals surface area contributed by atoms with E-state index in [1.807, 2.05) is 4.90 Å². The zero-order valence-corrected chi connectivity index (χ0v) is 10.1. The van der Waals surface area contributed by atoms with Crippen LogP contribution in [0.25, 0.3) is 0 Å². The molecule has 1 heterocycles. The summed E-state index contributed by atoms with van der Waals surface area (Å²) in [4.78, 5) is 26.4. The summed E-state index contributed by atoms with van der Waals surface area (Å²) >= 11 is 0. The van der Waals surface area contributed by atoms with Gasteiger partial charge in [0.25, 0.3) is 0 Å². The first-order valence-corrected chi connectivity index (χ1v) is 5.66. The van der Waals surface area contributed by atoms with E-state index in [1.165, 1.54) is 13.5 Å². The number of hydrogen-bond donors (Lipinski definition) is 0. The van der Waals surface area contributed by atoms with Crippen LogP contribution in [0.2, 0.25) is 0 Å². The number of methoxy groups -OCH3 is 1. The average Bonchev–Trinajstić information content (AvgIpc) is 2.29. The number of hydrogen-bond acceptors (Lipinski definition) is 4. The van der Waals surface area contributed by atoms with Crippen LogP contribution in [0, 0.1) is 0 Å². The van der Waals surface area contributed by atoms with E-state index in [4.69, 9.17) is 0 Å². The number of piperidine rings is 1. The SMILES string of the molecule is COC(=O)CN(C)CC(=O)N1CCCCC1. The van der Waals surface area contributed by atoms with Gasteiger partial charge < -0.3 is 9.64 Å². The Morgan fingerprint density at radius 2 is 1.81 bits per heavy atom. The molecule has 92 valence electrons. The van der Waals surface area contributed by atoms with Crippen molar-refractivity contribution >= 4 is 11.9 Å². The Morgan fingerprint density at radius 1 is 1.19 bits per heavy atom. The van der Waals surface area contributed by atoms with Crippen LogP contribution >= 0.6 is 0 Å². The molecule has 5 heteroatoms. The topological polar surface area (TPSA) is 49.9 Å². The summed E-state index contributed by atoms with van der Waals surface area (Å²) in [6.45, 7) is 2.15. The van der Waals surface area contributed by atoms with Crippen molar-refractivity contribution in [2.45, 2.75) is 19.3 Å². The third-order valence-corrected chi connectivity index (χ3v) is 2.74. The maximum atomic E-state index is 11.8. The molecule has 1 rings (SSSR count). The van der Waals surface area contributed by atoms with Crippen molar-refractivity contribution in [2.24, 2.45) is 0 Å². The molecule has 0 spiro atoms. The van der Waals surface area contributed by atoms with Crippen molar-refractivity contribution in [3.05, 3.63) is 0 Å². The normalized spacial score (nSPS) is 16.3. The Balaban J connectivity index is 2.29. The van der Waals surface area contributed by atoms with E-state index < -0.39 is 0 Å². The molecule has 1 amide bonds. The minimum atomic E-state index is -0.311. The number of nitrogens with zero attached hydrogens (tertiary/aromatic N) is 2. The van der Waals surface area contributed by atoms with Gasteiger partial charge in [0, 0.05) is 13.1 Å². The number of ether oxygens (including phenoxy) is 1. The summed E-state index contributed by atoms with van der Waals surface area (Å²) < 4.78 is 4.54. The minimum Gasteiger partial charge on any atom is -0.468 e. The number of amides is 1. The maximum Gasteiger partial charge on any atom is 0.319 e. The molecule has 0 aliphatic carbocycles. The Morgan fingerprint density at radius 3 is 2.38 bits per heavy atom. The van der Waals surface area contributed by atoms with Crippen LogP contribution in [0.1, 0.15) is 19.3 Å². The quantitative estimate of drug-likeness (QED) is 0.641. The lowest BCUT2D eigenvalue weighted by atomic mass is 10.1. The van der Waals surface area contributed by atoms with Crippen molar-refractivity contribution in [1.82, 2.24) is 9.80 Å². The molecule has 0 aromatic rings. The fourth-order valence-electron chi connectivity index (χ4n) is 1.82. The van der Waals surface area contributed by atoms with Gasteiger partial charge in [0.15, 0.2) is 0 Å². The lowest BCUT2D eigenvalue weighted by Crippen LogP contribution is -2.42. The van der Waals surface area contributed by atoms with E-state index in [9.17, 15) is 9.59 Å². The molecule has 5 nitrogen and oxygen atoms in total. The highest BCUT2D eigenvalue weighted by molar-refractivity contribution is 5.79. The van der Waals surface area contributed by atoms with Crippen LogP contribution < -0.4 is 0 Å². The number of carbonyl (C=O) groups excluding carboxylic acids is 2. The standard InChI is InChI=1S/C11H20N2O3/c1-12(9-11(15)16-2)8-10(14)13-6-4-3-5-7-13/h3-9H2,1-2H3. The molecule has 16 heavy (non-hydrogen) atoms. The zero-order valence-electron chi connectivity index (χ0n) is 10.1. The highest BCUT2D eigenvalue weighted by Gasteiger charge is 2.18. The van der Waals surface area contributed by atoms with E-state index in [0.29, 0.717) is 0 Å². The van der Waals surface area contributed by atoms with E-state index in [2.05, 4.69) is 4.74 Å². The smallest absolute Gasteiger partial charge is 0.319 e. The first-order valence-electron chi connectivity index (χ1n) is 5.66. The molecule has 1 aliphatic heterocycles. The van der Waals surface area contributed by atoms with Gasteiger partial charge in [0.05, 0.1) is 20.2 Å². The van der Waals surface area contributed by atoms with Crippen molar-refractivity contribution in [3.8, 4) is 0 Å². The van der Waals surface area contributed by atoms with E-state index in [0.717, 1.165) is 25.9 Å². The van der Waals surface area contributed by atoms with Gasteiger partial charge in [-0.15, -0.1) is 0 Å². The Hall–Kier alpha value is -1.10. The van der Waals surface area contributed by atoms with Gasteiger partial charge in [0.2, 0.25) is 5.91 Å². The fraction of sp³-hybridized carbons (Fsp3) is 0.818. The molecule has 1 fully saturated rings. The number of likely N-dealkylation sites (N-methyl/N-ethyl adjacent to an activating group) is 1. The van der Waals surface area contributed by atoms with Crippen molar-refractivity contribution in [2.75, 3.05) is 40.3 Å². The van der Waals surface area contributed by atoms with Crippen molar-refractivity contribution in [1.29, 1.82) is 0 Å². The minimum absolute atomic E-state index is 0.103. The van der Waals surface area contributed by atoms with Crippen LogP contribution in [0.15, 0.2) is 0 Å². The monoisotopic (exact) mass is 228 g/mol. The van der Waals surface area contributed by atoms with E-state index >= 15 is 0 Å². The second-order valence-electron chi connectivity index (χ2n) is 4.19. The molecule has 0 aromatic heterocycles. The van der Waals surface area contributed by atoms with Gasteiger partial charge in [-0.2, -0.15) is 0 Å². The molecule has 0 saturated carbocycles. The van der Waals surface area contributed by atoms with Gasteiger partial charge in [-0.1, -0.05) is 0 Å². The highest BCUT2D eigenvalue weighted by atomic mass is 16.5. The van der Waals surface area contributed by atoms with Gasteiger partial charge >= 0.3 is 5.97 Å². The molecule has 0 radical (unpaired) electrons. The van der Waals surface area contributed by atoms with E-state index in [1.54, 1.807) is 11.9 Å². The number of likely N-dealkylation sites (tertiary alicyclic amines) is 1. The summed E-state index contributed by atoms with van der Waals surface area (Å²) in [5, 5.41) is 0. The Kier molecular flexibility index (Phi) is 5.25. The number of esters is 1. The van der Waals surface area contributed by atoms with Gasteiger partial charge in [0.1, 0.15) is 0 Å². The molecular formula is C11H20N2O3. The Bertz CT molecular complexity index is 250. The fourth-order valence-corrected chi connectivity index (χ4v) is 1.82. The first-order chi connectivity index (χ1) is 7.63. The summed E-state index contributed by atoms with van der Waals surface area (Å²) in [5.41, 5.74) is 0. The summed E-state index contributed by atoms with van der Waals surface area (Å²) in [6.07, 6.45) is 3.39. The summed E-state index contributed by atoms with van der Waals surface area (Å²) in [7, 11) is 3.10. The average molecular weight is 228 g/mol. The maximum absolute atomic E-state index is 11.8. The third kappa shape index (κ3) is 4.18. The van der Waals surface area contributed by atoms with Crippen molar-refractivity contribution < 1.29 is 14.3 Å². The largest absolute Gasteiger partial charge is 0.468 e. The molecular weight excluding hydrogens is 208 g/mol. The predicted octanol–water partition coefficient (Wildman–Crippen LogP) is 0.104. The molecule has 0 bridgehead atoms. The summed E-state index contributed by atoms with van der Waals surface area (Å²) in [5.74, 6) is -0.208. The first kappa shape index (κ1) is 13.0. The lowest BCUT2D eigenvalue weighted by Gasteiger charge is -2.28. The lowest BCUT2D eigenvalue weighted by molar-refractivity contribution is -0.142. The second kappa shape index (κ2) is 6.48. The summed E-state index contributed by atoms with van der Waals surface area (Å²) in [6, 6.07) is 0. The van der Waals surface area contributed by atoms with Crippen LogP contribution in [0.4, 0.5) is 0 Å². The molecule has 0 atom stereocenters. The highest BCUT2D eigenvalue weighted by Crippen LogP contribution is 2.08. The van der Waals surface area contributed by atoms with Crippen LogP contribution in [-0.2, 0) is 14.3 Å². The van der Waals surface area contributed by atoms with Gasteiger partial charge in [-0.25, -0.2) is 0 Å². The van der Waals surface area contributed by atoms with Crippen LogP contribution in [0.5, 0.6) is 0 Å². The van der Waals surface area contributed by atoms with E-state index in [-0.39, 0.29) is 25.0 Å². The van der Waals surface area contributed by atoms with Crippen LogP contribution in [0.3, 0.4) is 0 Å². The number of rotatable bonds is 4. The van der Waals surface area contributed by atoms with Gasteiger partial charge in [-0.05, 0) is 26.3 Å². The second-order valence-corrected chi connectivity index (χ2v) is 4.19. The zero-order chi connectivity index (χ0) is 12.0. The predicted molar refractivity (Wildman–Crippen MR) is 59.9 cm³/mol. The molecule has 0 aromatic carbocycles. The molecule has 0 N–H and O–H groups in total. The third-order valence-electron chi connectivity index (χ3n) is 2.74. The molecule has 1 aliphatic rings. The van der Waals surface area contributed by atoms with Crippen molar-refractivity contribution in [3.63, 3.8) is 0 Å². The van der Waals surface area contributed by atoms with Crippen LogP contribution in [-0.4, -0.2) is 62.0 Å². The Labute approximate surface area is 96.3 Å². The number of carbonyl (C=O) groups is 2. The van der Waals surface area contributed by atoms with Gasteiger partial charge in [-0.3, -0.25) is 14.5 Å².